The second kappa shape index (κ2) is 6.53. The lowest BCUT2D eigenvalue weighted by molar-refractivity contribution is -0.274. The molecular weight excluding hydrogens is 339 g/mol. The van der Waals surface area contributed by atoms with Gasteiger partial charge in [-0.3, -0.25) is 4.79 Å². The molecule has 2 N–H and O–H groups in total. The van der Waals surface area contributed by atoms with Crippen molar-refractivity contribution in [1.29, 1.82) is 0 Å². The molecule has 126 valence electrons. The molecule has 1 aliphatic heterocycles. The number of benzene rings is 1. The summed E-state index contributed by atoms with van der Waals surface area (Å²) < 4.78 is 40.2. The van der Waals surface area contributed by atoms with E-state index in [1.807, 2.05) is 0 Å². The summed E-state index contributed by atoms with van der Waals surface area (Å²) in [6.07, 6.45) is -4.86. The van der Waals surface area contributed by atoms with Crippen molar-refractivity contribution in [3.05, 3.63) is 23.2 Å². The number of hydrogen-bond donors (Lipinski definition) is 2. The summed E-state index contributed by atoms with van der Waals surface area (Å²) in [5, 5.41) is 4.79. The largest absolute Gasteiger partial charge is 0.573 e. The first-order valence-corrected chi connectivity index (χ1v) is 6.96. The third kappa shape index (κ3) is 4.41. The molecule has 0 unspecified atom stereocenters. The Bertz CT molecular complexity index is 624. The van der Waals surface area contributed by atoms with Gasteiger partial charge < -0.3 is 20.3 Å². The van der Waals surface area contributed by atoms with Crippen LogP contribution in [0.4, 0.5) is 23.7 Å². The molecule has 10 heteroatoms. The second-order valence-electron chi connectivity index (χ2n) is 4.78. The van der Waals surface area contributed by atoms with Crippen molar-refractivity contribution < 1.29 is 27.5 Å². The van der Waals surface area contributed by atoms with Crippen LogP contribution in [0.5, 0.6) is 5.75 Å². The van der Waals surface area contributed by atoms with Gasteiger partial charge in [-0.2, -0.15) is 0 Å². The van der Waals surface area contributed by atoms with Gasteiger partial charge in [-0.1, -0.05) is 11.6 Å². The van der Waals surface area contributed by atoms with Crippen molar-refractivity contribution in [2.75, 3.05) is 18.4 Å². The van der Waals surface area contributed by atoms with Gasteiger partial charge in [0.15, 0.2) is 0 Å². The minimum Gasteiger partial charge on any atom is -0.404 e. The summed E-state index contributed by atoms with van der Waals surface area (Å²) in [6.45, 7) is 2.22. The van der Waals surface area contributed by atoms with E-state index in [2.05, 4.69) is 15.4 Å². The highest BCUT2D eigenvalue weighted by molar-refractivity contribution is 6.32. The molecule has 1 fully saturated rings. The zero-order chi connectivity index (χ0) is 17.2. The molecule has 2 rings (SSSR count). The van der Waals surface area contributed by atoms with Crippen molar-refractivity contribution in [3.8, 4) is 5.75 Å². The fraction of sp³-hybridized carbons (Fsp3) is 0.385. The number of hydrogen-bond acceptors (Lipinski definition) is 3. The van der Waals surface area contributed by atoms with Crippen LogP contribution in [0.3, 0.4) is 0 Å². The normalized spacial score (nSPS) is 18.4. The topological polar surface area (TPSA) is 70.7 Å². The van der Waals surface area contributed by atoms with Crippen molar-refractivity contribution in [3.63, 3.8) is 0 Å². The third-order valence-corrected chi connectivity index (χ3v) is 3.46. The van der Waals surface area contributed by atoms with Crippen LogP contribution in [0.1, 0.15) is 6.92 Å². The predicted octanol–water partition coefficient (Wildman–Crippen LogP) is 2.59. The molecule has 0 radical (unpaired) electrons. The molecule has 6 nitrogen and oxygen atoms in total. The van der Waals surface area contributed by atoms with Crippen LogP contribution in [-0.2, 0) is 4.79 Å². The van der Waals surface area contributed by atoms with Crippen LogP contribution >= 0.6 is 11.6 Å². The van der Waals surface area contributed by atoms with Crippen molar-refractivity contribution in [2.24, 2.45) is 0 Å². The fourth-order valence-electron chi connectivity index (χ4n) is 2.04. The summed E-state index contributed by atoms with van der Waals surface area (Å²) in [7, 11) is 0. The number of urea groups is 1. The number of rotatable bonds is 2. The maximum atomic E-state index is 12.2. The molecule has 1 aromatic rings. The number of carbonyl (C=O) groups excluding carboxylic acids is 2. The van der Waals surface area contributed by atoms with E-state index < -0.39 is 24.2 Å². The van der Waals surface area contributed by atoms with E-state index in [0.29, 0.717) is 13.1 Å². The van der Waals surface area contributed by atoms with Crippen LogP contribution in [0.15, 0.2) is 18.2 Å². The summed E-state index contributed by atoms with van der Waals surface area (Å²) in [5.41, 5.74) is 0.188. The highest BCUT2D eigenvalue weighted by Crippen LogP contribution is 2.32. The molecule has 0 spiro atoms. The molecule has 0 bridgehead atoms. The molecule has 1 heterocycles. The molecule has 0 aliphatic carbocycles. The van der Waals surface area contributed by atoms with E-state index in [4.69, 9.17) is 11.6 Å². The first-order valence-electron chi connectivity index (χ1n) is 6.58. The lowest BCUT2D eigenvalue weighted by Gasteiger charge is -2.32. The first-order chi connectivity index (χ1) is 10.7. The van der Waals surface area contributed by atoms with E-state index in [1.165, 1.54) is 11.0 Å². The highest BCUT2D eigenvalue weighted by atomic mass is 35.5. The number of amides is 3. The number of piperazine rings is 1. The number of nitrogens with one attached hydrogen (secondary N) is 2. The Morgan fingerprint density at radius 2 is 2.17 bits per heavy atom. The van der Waals surface area contributed by atoms with Crippen LogP contribution in [0, 0.1) is 0 Å². The minimum absolute atomic E-state index is 0.188. The molecular formula is C13H13ClF3N3O3. The lowest BCUT2D eigenvalue weighted by Crippen LogP contribution is -2.56. The zero-order valence-electron chi connectivity index (χ0n) is 11.9. The van der Waals surface area contributed by atoms with Crippen LogP contribution in [0.25, 0.3) is 0 Å². The van der Waals surface area contributed by atoms with E-state index in [-0.39, 0.29) is 16.6 Å². The number of alkyl halides is 3. The van der Waals surface area contributed by atoms with Gasteiger partial charge in [-0.05, 0) is 25.1 Å². The Morgan fingerprint density at radius 1 is 1.48 bits per heavy atom. The molecule has 1 aliphatic rings. The molecule has 1 saturated heterocycles. The molecule has 3 amide bonds. The van der Waals surface area contributed by atoms with Gasteiger partial charge in [0, 0.05) is 18.8 Å². The smallest absolute Gasteiger partial charge is 0.404 e. The maximum absolute atomic E-state index is 12.2. The SMILES string of the molecule is C[C@H]1C(=O)NCCN1C(=O)Nc1ccc(OC(F)(F)F)c(Cl)c1. The van der Waals surface area contributed by atoms with Crippen molar-refractivity contribution >= 4 is 29.2 Å². The predicted molar refractivity (Wildman–Crippen MR) is 76.3 cm³/mol. The lowest BCUT2D eigenvalue weighted by atomic mass is 10.2. The molecule has 0 aromatic heterocycles. The Morgan fingerprint density at radius 3 is 2.78 bits per heavy atom. The van der Waals surface area contributed by atoms with E-state index in [0.717, 1.165) is 12.1 Å². The summed E-state index contributed by atoms with van der Waals surface area (Å²) in [4.78, 5) is 25.0. The number of nitrogens with zero attached hydrogens (tertiary/aromatic N) is 1. The summed E-state index contributed by atoms with van der Waals surface area (Å²) in [5.74, 6) is -0.846. The van der Waals surface area contributed by atoms with Gasteiger partial charge in [0.05, 0.1) is 5.02 Å². The monoisotopic (exact) mass is 351 g/mol. The van der Waals surface area contributed by atoms with Gasteiger partial charge >= 0.3 is 12.4 Å². The number of carbonyl (C=O) groups is 2. The number of halogens is 4. The third-order valence-electron chi connectivity index (χ3n) is 3.17. The van der Waals surface area contributed by atoms with Crippen molar-refractivity contribution in [2.45, 2.75) is 19.3 Å². The highest BCUT2D eigenvalue weighted by Gasteiger charge is 2.32. The number of anilines is 1. The Kier molecular flexibility index (Phi) is 4.88. The number of ether oxygens (including phenoxy) is 1. The maximum Gasteiger partial charge on any atom is 0.573 e. The summed E-state index contributed by atoms with van der Waals surface area (Å²) in [6, 6.07) is 2.16. The second-order valence-corrected chi connectivity index (χ2v) is 5.19. The van der Waals surface area contributed by atoms with Gasteiger partial charge in [-0.15, -0.1) is 13.2 Å². The molecule has 23 heavy (non-hydrogen) atoms. The molecule has 1 aromatic carbocycles. The Hall–Kier alpha value is -2.16. The Labute approximate surface area is 134 Å². The van der Waals surface area contributed by atoms with Crippen molar-refractivity contribution in [1.82, 2.24) is 10.2 Å². The van der Waals surface area contributed by atoms with E-state index in [9.17, 15) is 22.8 Å². The van der Waals surface area contributed by atoms with Crippen LogP contribution in [0.2, 0.25) is 5.02 Å². The molecule has 0 saturated carbocycles. The summed E-state index contributed by atoms with van der Waals surface area (Å²) >= 11 is 5.70. The van der Waals surface area contributed by atoms with Gasteiger partial charge in [-0.25, -0.2) is 4.79 Å². The van der Waals surface area contributed by atoms with E-state index in [1.54, 1.807) is 6.92 Å². The van der Waals surface area contributed by atoms with Crippen LogP contribution < -0.4 is 15.4 Å². The minimum atomic E-state index is -4.86. The van der Waals surface area contributed by atoms with Gasteiger partial charge in [0.1, 0.15) is 11.8 Å². The Balaban J connectivity index is 2.07. The average Bonchev–Trinajstić information content (AvgIpc) is 2.43. The van der Waals surface area contributed by atoms with Gasteiger partial charge in [0.2, 0.25) is 5.91 Å². The quantitative estimate of drug-likeness (QED) is 0.860. The van der Waals surface area contributed by atoms with Crippen LogP contribution in [-0.4, -0.2) is 42.3 Å². The van der Waals surface area contributed by atoms with E-state index >= 15 is 0 Å². The fourth-order valence-corrected chi connectivity index (χ4v) is 2.26. The standard InChI is InChI=1S/C13H13ClF3N3O3/c1-7-11(21)18-4-5-20(7)12(22)19-8-2-3-10(9(14)6-8)23-13(15,16)17/h2-3,6-7H,4-5H2,1H3,(H,18,21)(H,19,22)/t7-/m0/s1. The molecule has 1 atom stereocenters. The average molecular weight is 352 g/mol. The zero-order valence-corrected chi connectivity index (χ0v) is 12.7. The van der Waals surface area contributed by atoms with Gasteiger partial charge in [0.25, 0.3) is 0 Å². The first kappa shape index (κ1) is 17.2.